The highest BCUT2D eigenvalue weighted by Crippen LogP contribution is 2.29. The smallest absolute Gasteiger partial charge is 0.165 e. The molecular weight excluding hydrogens is 277 g/mol. The largest absolute Gasteiger partial charge is 0.383 e. The summed E-state index contributed by atoms with van der Waals surface area (Å²) in [5, 5.41) is 10.1. The Hall–Kier alpha value is -1.52. The van der Waals surface area contributed by atoms with Gasteiger partial charge in [-0.2, -0.15) is 0 Å². The number of hydrogen-bond acceptors (Lipinski definition) is 1. The highest BCUT2D eigenvalue weighted by molar-refractivity contribution is 6.30. The molecule has 0 aliphatic heterocycles. The van der Waals surface area contributed by atoms with E-state index in [1.165, 1.54) is 31.2 Å². The Bertz CT molecular complexity index is 628. The van der Waals surface area contributed by atoms with E-state index in [0.29, 0.717) is 0 Å². The van der Waals surface area contributed by atoms with Crippen molar-refractivity contribution in [1.82, 2.24) is 0 Å². The first-order valence-corrected chi connectivity index (χ1v) is 5.87. The lowest BCUT2D eigenvalue weighted by Crippen LogP contribution is -2.07. The number of halogens is 4. The molecule has 0 aliphatic rings. The van der Waals surface area contributed by atoms with E-state index in [0.717, 1.165) is 6.07 Å². The van der Waals surface area contributed by atoms with Crippen molar-refractivity contribution in [3.8, 4) is 0 Å². The van der Waals surface area contributed by atoms with Crippen molar-refractivity contribution in [2.24, 2.45) is 0 Å². The molecule has 1 atom stereocenters. The fourth-order valence-corrected chi connectivity index (χ4v) is 1.92. The van der Waals surface area contributed by atoms with E-state index in [4.69, 9.17) is 11.6 Å². The third-order valence-electron chi connectivity index (χ3n) is 2.86. The van der Waals surface area contributed by atoms with Crippen molar-refractivity contribution in [1.29, 1.82) is 0 Å². The maximum absolute atomic E-state index is 13.7. The second kappa shape index (κ2) is 5.23. The SMILES string of the molecule is Cc1ccc(C(O)c2ccc(Cl)cc2F)c(F)c1F. The van der Waals surface area contributed by atoms with Crippen LogP contribution in [0.1, 0.15) is 22.8 Å². The van der Waals surface area contributed by atoms with Crippen LogP contribution in [0.3, 0.4) is 0 Å². The number of aliphatic hydroxyl groups is 1. The summed E-state index contributed by atoms with van der Waals surface area (Å²) in [6.45, 7) is 1.40. The van der Waals surface area contributed by atoms with Crippen LogP contribution in [0.15, 0.2) is 30.3 Å². The molecule has 0 fully saturated rings. The van der Waals surface area contributed by atoms with Crippen molar-refractivity contribution in [2.75, 3.05) is 0 Å². The van der Waals surface area contributed by atoms with Crippen molar-refractivity contribution in [3.63, 3.8) is 0 Å². The third-order valence-corrected chi connectivity index (χ3v) is 3.09. The van der Waals surface area contributed by atoms with Crippen LogP contribution < -0.4 is 0 Å². The molecule has 1 unspecified atom stereocenters. The first-order chi connectivity index (χ1) is 8.91. The maximum atomic E-state index is 13.7. The van der Waals surface area contributed by atoms with E-state index < -0.39 is 23.6 Å². The third kappa shape index (κ3) is 2.60. The van der Waals surface area contributed by atoms with Gasteiger partial charge >= 0.3 is 0 Å². The first kappa shape index (κ1) is 13.9. The predicted octanol–water partition coefficient (Wildman–Crippen LogP) is 4.15. The fraction of sp³-hybridized carbons (Fsp3) is 0.143. The second-order valence-electron chi connectivity index (χ2n) is 4.17. The molecule has 2 aromatic carbocycles. The minimum Gasteiger partial charge on any atom is -0.383 e. The number of benzene rings is 2. The number of aryl methyl sites for hydroxylation is 1. The highest BCUT2D eigenvalue weighted by atomic mass is 35.5. The van der Waals surface area contributed by atoms with Gasteiger partial charge in [-0.15, -0.1) is 0 Å². The van der Waals surface area contributed by atoms with Gasteiger partial charge in [0.25, 0.3) is 0 Å². The van der Waals surface area contributed by atoms with Gasteiger partial charge in [-0.05, 0) is 24.6 Å². The maximum Gasteiger partial charge on any atom is 0.165 e. The molecule has 0 aliphatic carbocycles. The van der Waals surface area contributed by atoms with Crippen molar-refractivity contribution < 1.29 is 18.3 Å². The summed E-state index contributed by atoms with van der Waals surface area (Å²) in [6, 6.07) is 6.16. The normalized spacial score (nSPS) is 12.5. The van der Waals surface area contributed by atoms with Crippen LogP contribution in [0.25, 0.3) is 0 Å². The highest BCUT2D eigenvalue weighted by Gasteiger charge is 2.21. The molecule has 2 aromatic rings. The summed E-state index contributed by atoms with van der Waals surface area (Å²) >= 11 is 5.59. The zero-order valence-corrected chi connectivity index (χ0v) is 10.7. The molecule has 19 heavy (non-hydrogen) atoms. The zero-order valence-electron chi connectivity index (χ0n) is 9.92. The van der Waals surface area contributed by atoms with Crippen molar-refractivity contribution in [2.45, 2.75) is 13.0 Å². The fourth-order valence-electron chi connectivity index (χ4n) is 1.76. The zero-order chi connectivity index (χ0) is 14.2. The molecule has 2 rings (SSSR count). The minimum absolute atomic E-state index is 0.116. The van der Waals surface area contributed by atoms with E-state index in [1.807, 2.05) is 0 Å². The van der Waals surface area contributed by atoms with Gasteiger partial charge in [-0.25, -0.2) is 13.2 Å². The number of aliphatic hydroxyl groups excluding tert-OH is 1. The lowest BCUT2D eigenvalue weighted by molar-refractivity contribution is 0.208. The molecule has 0 saturated heterocycles. The molecule has 5 heteroatoms. The van der Waals surface area contributed by atoms with Crippen LogP contribution in [0.5, 0.6) is 0 Å². The van der Waals surface area contributed by atoms with Gasteiger partial charge < -0.3 is 5.11 Å². The topological polar surface area (TPSA) is 20.2 Å². The van der Waals surface area contributed by atoms with Crippen LogP contribution in [-0.2, 0) is 0 Å². The molecule has 0 radical (unpaired) electrons. The van der Waals surface area contributed by atoms with Crippen LogP contribution in [-0.4, -0.2) is 5.11 Å². The average Bonchev–Trinajstić information content (AvgIpc) is 2.35. The number of hydrogen-bond donors (Lipinski definition) is 1. The monoisotopic (exact) mass is 286 g/mol. The molecule has 0 aromatic heterocycles. The van der Waals surface area contributed by atoms with Gasteiger partial charge in [0.1, 0.15) is 11.9 Å². The Morgan fingerprint density at radius 1 is 1.00 bits per heavy atom. The number of rotatable bonds is 2. The van der Waals surface area contributed by atoms with E-state index in [-0.39, 0.29) is 21.7 Å². The van der Waals surface area contributed by atoms with Gasteiger partial charge in [0, 0.05) is 16.1 Å². The van der Waals surface area contributed by atoms with Crippen molar-refractivity contribution >= 4 is 11.6 Å². The molecule has 0 amide bonds. The van der Waals surface area contributed by atoms with E-state index in [2.05, 4.69) is 0 Å². The van der Waals surface area contributed by atoms with Gasteiger partial charge in [0.2, 0.25) is 0 Å². The molecule has 1 N–H and O–H groups in total. The predicted molar refractivity (Wildman–Crippen MR) is 66.6 cm³/mol. The van der Waals surface area contributed by atoms with Crippen LogP contribution >= 0.6 is 11.6 Å². The molecule has 100 valence electrons. The summed E-state index contributed by atoms with van der Waals surface area (Å²) in [5.41, 5.74) is -0.360. The Kier molecular flexibility index (Phi) is 3.83. The molecule has 0 saturated carbocycles. The molecular formula is C14H10ClF3O. The Morgan fingerprint density at radius 2 is 1.63 bits per heavy atom. The van der Waals surface area contributed by atoms with Gasteiger partial charge in [0.05, 0.1) is 0 Å². The first-order valence-electron chi connectivity index (χ1n) is 5.49. The lowest BCUT2D eigenvalue weighted by Gasteiger charge is -2.14. The van der Waals surface area contributed by atoms with E-state index >= 15 is 0 Å². The molecule has 0 heterocycles. The second-order valence-corrected chi connectivity index (χ2v) is 4.60. The summed E-state index contributed by atoms with van der Waals surface area (Å²) in [6.07, 6.45) is -1.59. The van der Waals surface area contributed by atoms with Gasteiger partial charge in [0.15, 0.2) is 11.6 Å². The Labute approximate surface area is 113 Å². The minimum atomic E-state index is -1.59. The van der Waals surface area contributed by atoms with E-state index in [9.17, 15) is 18.3 Å². The average molecular weight is 287 g/mol. The standard InChI is InChI=1S/C14H10ClF3O/c1-7-2-4-10(13(18)12(7)17)14(19)9-5-3-8(15)6-11(9)16/h2-6,14,19H,1H3. The van der Waals surface area contributed by atoms with Gasteiger partial charge in [-0.1, -0.05) is 29.8 Å². The lowest BCUT2D eigenvalue weighted by atomic mass is 9.99. The van der Waals surface area contributed by atoms with E-state index in [1.54, 1.807) is 0 Å². The van der Waals surface area contributed by atoms with Crippen LogP contribution in [0.2, 0.25) is 5.02 Å². The molecule has 0 bridgehead atoms. The quantitative estimate of drug-likeness (QED) is 0.879. The van der Waals surface area contributed by atoms with Gasteiger partial charge in [-0.3, -0.25) is 0 Å². The van der Waals surface area contributed by atoms with Crippen LogP contribution in [0, 0.1) is 24.4 Å². The summed E-state index contributed by atoms with van der Waals surface area (Å²) in [4.78, 5) is 0. The Morgan fingerprint density at radius 3 is 2.26 bits per heavy atom. The molecule has 1 nitrogen and oxygen atoms in total. The summed E-state index contributed by atoms with van der Waals surface area (Å²) in [5.74, 6) is -3.01. The summed E-state index contributed by atoms with van der Waals surface area (Å²) < 4.78 is 40.8. The van der Waals surface area contributed by atoms with Crippen molar-refractivity contribution in [3.05, 3.63) is 69.5 Å². The van der Waals surface area contributed by atoms with Crippen LogP contribution in [0.4, 0.5) is 13.2 Å². The Balaban J connectivity index is 2.50. The molecule has 0 spiro atoms. The summed E-state index contributed by atoms with van der Waals surface area (Å²) in [7, 11) is 0.